The number of alkyl halides is 3. The van der Waals surface area contributed by atoms with Crippen molar-refractivity contribution in [2.45, 2.75) is 6.18 Å². The first-order chi connectivity index (χ1) is 10.3. The second-order valence-electron chi connectivity index (χ2n) is 4.78. The summed E-state index contributed by atoms with van der Waals surface area (Å²) in [5, 5.41) is 13.0. The second kappa shape index (κ2) is 4.62. The molecule has 2 N–H and O–H groups in total. The van der Waals surface area contributed by atoms with Crippen molar-refractivity contribution in [3.8, 4) is 11.4 Å². The first kappa shape index (κ1) is 14.2. The van der Waals surface area contributed by atoms with E-state index in [2.05, 4.69) is 10.1 Å². The topological polar surface area (TPSA) is 70.9 Å². The van der Waals surface area contributed by atoms with Crippen LogP contribution in [0.1, 0.15) is 15.9 Å². The Labute approximate surface area is 122 Å². The van der Waals surface area contributed by atoms with Gasteiger partial charge < -0.3 is 10.1 Å². The Morgan fingerprint density at radius 1 is 1.36 bits per heavy atom. The summed E-state index contributed by atoms with van der Waals surface area (Å²) in [6.45, 7) is 0. The van der Waals surface area contributed by atoms with Crippen LogP contribution in [0.15, 0.2) is 30.5 Å². The maximum Gasteiger partial charge on any atom is 0.417 e. The molecule has 3 aromatic rings. The zero-order chi connectivity index (χ0) is 16.1. The number of nitrogens with one attached hydrogen (secondary N) is 1. The summed E-state index contributed by atoms with van der Waals surface area (Å²) in [6.07, 6.45) is -3.32. The number of nitrogens with zero attached hydrogens (tertiary/aromatic N) is 2. The number of aromatic carboxylic acids is 1. The van der Waals surface area contributed by atoms with Gasteiger partial charge in [0.05, 0.1) is 23.1 Å². The molecule has 0 radical (unpaired) electrons. The van der Waals surface area contributed by atoms with Crippen molar-refractivity contribution in [3.05, 3.63) is 41.6 Å². The third-order valence-electron chi connectivity index (χ3n) is 3.39. The number of carboxylic acids is 1. The highest BCUT2D eigenvalue weighted by Gasteiger charge is 2.33. The third-order valence-corrected chi connectivity index (χ3v) is 3.39. The first-order valence-electron chi connectivity index (χ1n) is 6.23. The van der Waals surface area contributed by atoms with E-state index in [0.717, 1.165) is 12.3 Å². The molecule has 3 rings (SSSR count). The molecule has 0 unspecified atom stereocenters. The molecule has 0 aliphatic carbocycles. The predicted octanol–water partition coefficient (Wildman–Crippen LogP) is 3.29. The number of H-pyrrole nitrogens is 1. The first-order valence-corrected chi connectivity index (χ1v) is 6.23. The number of hydrogen-bond acceptors (Lipinski definition) is 2. The molecular formula is C14H10F3N3O2. The van der Waals surface area contributed by atoms with Gasteiger partial charge in [-0.25, -0.2) is 4.79 Å². The van der Waals surface area contributed by atoms with Crippen LogP contribution in [-0.4, -0.2) is 25.8 Å². The predicted molar refractivity (Wildman–Crippen MR) is 72.5 cm³/mol. The molecule has 0 atom stereocenters. The Morgan fingerprint density at radius 3 is 2.73 bits per heavy atom. The molecule has 1 aromatic carbocycles. The minimum Gasteiger partial charge on any atom is -0.478 e. The quantitative estimate of drug-likeness (QED) is 0.763. The summed E-state index contributed by atoms with van der Waals surface area (Å²) < 4.78 is 40.4. The van der Waals surface area contributed by atoms with Crippen LogP contribution in [0.3, 0.4) is 0 Å². The molecule has 5 nitrogen and oxygen atoms in total. The van der Waals surface area contributed by atoms with Crippen molar-refractivity contribution >= 4 is 16.9 Å². The lowest BCUT2D eigenvalue weighted by Gasteiger charge is -2.06. The molecule has 0 saturated carbocycles. The summed E-state index contributed by atoms with van der Waals surface area (Å²) >= 11 is 0. The number of aromatic nitrogens is 3. The SMILES string of the molecule is Cn1ncc(C(=O)O)c1-c1cc2c(C(F)(F)F)cccc2[nH]1. The molecule has 0 aliphatic heterocycles. The van der Waals surface area contributed by atoms with E-state index in [1.807, 2.05) is 0 Å². The molecule has 0 fully saturated rings. The van der Waals surface area contributed by atoms with Crippen LogP contribution in [0.2, 0.25) is 0 Å². The Kier molecular flexibility index (Phi) is 2.98. The van der Waals surface area contributed by atoms with Gasteiger partial charge in [0, 0.05) is 18.0 Å². The average Bonchev–Trinajstić information content (AvgIpc) is 2.99. The molecule has 2 aromatic heterocycles. The molecule has 0 spiro atoms. The molecular weight excluding hydrogens is 299 g/mol. The monoisotopic (exact) mass is 309 g/mol. The lowest BCUT2D eigenvalue weighted by atomic mass is 10.1. The number of carbonyl (C=O) groups is 1. The van der Waals surface area contributed by atoms with Crippen molar-refractivity contribution < 1.29 is 23.1 Å². The maximum atomic E-state index is 13.0. The molecule has 0 bridgehead atoms. The fraction of sp³-hybridized carbons (Fsp3) is 0.143. The van der Waals surface area contributed by atoms with E-state index in [0.29, 0.717) is 0 Å². The largest absolute Gasteiger partial charge is 0.478 e. The molecule has 22 heavy (non-hydrogen) atoms. The molecule has 2 heterocycles. The zero-order valence-corrected chi connectivity index (χ0v) is 11.3. The van der Waals surface area contributed by atoms with Crippen LogP contribution in [0.4, 0.5) is 13.2 Å². The van der Waals surface area contributed by atoms with Crippen molar-refractivity contribution in [2.75, 3.05) is 0 Å². The third kappa shape index (κ3) is 2.12. The number of aromatic amines is 1. The fourth-order valence-electron chi connectivity index (χ4n) is 2.44. The van der Waals surface area contributed by atoms with Gasteiger partial charge in [0.2, 0.25) is 0 Å². The van der Waals surface area contributed by atoms with E-state index in [1.165, 1.54) is 29.9 Å². The lowest BCUT2D eigenvalue weighted by molar-refractivity contribution is -0.136. The van der Waals surface area contributed by atoms with Gasteiger partial charge in [-0.3, -0.25) is 4.68 Å². The number of halogens is 3. The summed E-state index contributed by atoms with van der Waals surface area (Å²) in [5.41, 5.74) is -0.0857. The summed E-state index contributed by atoms with van der Waals surface area (Å²) in [5.74, 6) is -1.20. The van der Waals surface area contributed by atoms with E-state index < -0.39 is 17.7 Å². The van der Waals surface area contributed by atoms with E-state index in [1.54, 1.807) is 0 Å². The highest BCUT2D eigenvalue weighted by Crippen LogP contribution is 2.36. The molecule has 114 valence electrons. The fourth-order valence-corrected chi connectivity index (χ4v) is 2.44. The number of carboxylic acid groups (broad SMARTS) is 1. The molecule has 0 amide bonds. The van der Waals surface area contributed by atoms with Gasteiger partial charge in [0.1, 0.15) is 5.56 Å². The van der Waals surface area contributed by atoms with Crippen molar-refractivity contribution in [1.29, 1.82) is 0 Å². The van der Waals surface area contributed by atoms with Crippen molar-refractivity contribution in [3.63, 3.8) is 0 Å². The normalized spacial score (nSPS) is 12.0. The van der Waals surface area contributed by atoms with E-state index in [9.17, 15) is 18.0 Å². The van der Waals surface area contributed by atoms with Crippen LogP contribution < -0.4 is 0 Å². The van der Waals surface area contributed by atoms with Crippen LogP contribution >= 0.6 is 0 Å². The van der Waals surface area contributed by atoms with Crippen LogP contribution in [-0.2, 0) is 13.2 Å². The maximum absolute atomic E-state index is 13.0. The summed E-state index contributed by atoms with van der Waals surface area (Å²) in [4.78, 5) is 14.0. The highest BCUT2D eigenvalue weighted by atomic mass is 19.4. The molecule has 0 saturated heterocycles. The zero-order valence-electron chi connectivity index (χ0n) is 11.3. The van der Waals surface area contributed by atoms with Gasteiger partial charge in [-0.15, -0.1) is 0 Å². The van der Waals surface area contributed by atoms with Gasteiger partial charge in [-0.1, -0.05) is 6.07 Å². The van der Waals surface area contributed by atoms with Gasteiger partial charge in [0.25, 0.3) is 0 Å². The Bertz CT molecular complexity index is 877. The number of fused-ring (bicyclic) bond motifs is 1. The lowest BCUT2D eigenvalue weighted by Crippen LogP contribution is -2.04. The summed E-state index contributed by atoms with van der Waals surface area (Å²) in [6, 6.07) is 5.08. The van der Waals surface area contributed by atoms with E-state index in [-0.39, 0.29) is 27.9 Å². The van der Waals surface area contributed by atoms with Crippen molar-refractivity contribution in [2.24, 2.45) is 7.05 Å². The minimum atomic E-state index is -4.49. The average molecular weight is 309 g/mol. The van der Waals surface area contributed by atoms with Crippen LogP contribution in [0, 0.1) is 0 Å². The van der Waals surface area contributed by atoms with E-state index >= 15 is 0 Å². The Hall–Kier alpha value is -2.77. The summed E-state index contributed by atoms with van der Waals surface area (Å²) in [7, 11) is 1.53. The van der Waals surface area contributed by atoms with Gasteiger partial charge in [-0.05, 0) is 18.2 Å². The Balaban J connectivity index is 2.27. The van der Waals surface area contributed by atoms with Gasteiger partial charge in [0.15, 0.2) is 0 Å². The molecule has 8 heteroatoms. The second-order valence-corrected chi connectivity index (χ2v) is 4.78. The highest BCUT2D eigenvalue weighted by molar-refractivity contribution is 5.97. The number of hydrogen-bond donors (Lipinski definition) is 2. The number of aryl methyl sites for hydroxylation is 1. The standard InChI is InChI=1S/C14H10F3N3O2/c1-20-12(8(6-18-20)13(21)22)11-5-7-9(14(15,16)17)3-2-4-10(7)19-11/h2-6,19H,1H3,(H,21,22). The smallest absolute Gasteiger partial charge is 0.417 e. The Morgan fingerprint density at radius 2 is 2.09 bits per heavy atom. The van der Waals surface area contributed by atoms with Gasteiger partial charge in [-0.2, -0.15) is 18.3 Å². The van der Waals surface area contributed by atoms with Gasteiger partial charge >= 0.3 is 12.1 Å². The van der Waals surface area contributed by atoms with Crippen LogP contribution in [0.5, 0.6) is 0 Å². The van der Waals surface area contributed by atoms with E-state index in [4.69, 9.17) is 5.11 Å². The van der Waals surface area contributed by atoms with Crippen LogP contribution in [0.25, 0.3) is 22.3 Å². The number of rotatable bonds is 2. The molecule has 0 aliphatic rings. The minimum absolute atomic E-state index is 0.0115. The number of benzene rings is 1. The van der Waals surface area contributed by atoms with Crippen molar-refractivity contribution in [1.82, 2.24) is 14.8 Å².